The molecule has 0 bridgehead atoms. The molecule has 1 saturated heterocycles. The van der Waals surface area contributed by atoms with Crippen LogP contribution in [0.1, 0.15) is 58.1 Å². The molecule has 2 rings (SSSR count). The zero-order chi connectivity index (χ0) is 14.6. The van der Waals surface area contributed by atoms with Gasteiger partial charge in [0.2, 0.25) is 0 Å². The van der Waals surface area contributed by atoms with Crippen molar-refractivity contribution in [2.75, 3.05) is 13.1 Å². The molecule has 1 aromatic rings. The molecule has 0 radical (unpaired) electrons. The minimum atomic E-state index is 0.132. The maximum absolute atomic E-state index is 6.54. The van der Waals surface area contributed by atoms with Crippen molar-refractivity contribution in [1.29, 1.82) is 0 Å². The van der Waals surface area contributed by atoms with Gasteiger partial charge in [-0.05, 0) is 43.3 Å². The van der Waals surface area contributed by atoms with Crippen molar-refractivity contribution in [2.24, 2.45) is 11.1 Å². The number of nitrogens with zero attached hydrogens (tertiary/aromatic N) is 1. The van der Waals surface area contributed by atoms with E-state index >= 15 is 0 Å². The second kappa shape index (κ2) is 6.73. The number of nitrogens with two attached hydrogens (primary N) is 1. The largest absolute Gasteiger partial charge is 0.323 e. The Labute approximate surface area is 124 Å². The van der Waals surface area contributed by atoms with Crippen LogP contribution in [-0.2, 0) is 0 Å². The van der Waals surface area contributed by atoms with Gasteiger partial charge in [-0.1, -0.05) is 57.5 Å². The molecule has 1 aliphatic heterocycles. The molecule has 2 atom stereocenters. The third-order valence-electron chi connectivity index (χ3n) is 5.34. The highest BCUT2D eigenvalue weighted by Gasteiger charge is 2.33. The molecule has 1 heterocycles. The molecule has 0 aromatic heterocycles. The van der Waals surface area contributed by atoms with Gasteiger partial charge in [0.15, 0.2) is 0 Å². The third-order valence-corrected chi connectivity index (χ3v) is 5.34. The Bertz CT molecular complexity index is 393. The van der Waals surface area contributed by atoms with Gasteiger partial charge in [0.1, 0.15) is 0 Å². The maximum Gasteiger partial charge on any atom is 0.0453 e. The average Bonchev–Trinajstić information content (AvgIpc) is 2.51. The lowest BCUT2D eigenvalue weighted by atomic mass is 9.77. The second-order valence-electron chi connectivity index (χ2n) is 6.61. The normalized spacial score (nSPS) is 22.4. The first-order chi connectivity index (χ1) is 9.59. The molecule has 0 spiro atoms. The number of likely N-dealkylation sites (tertiary alicyclic amines) is 1. The van der Waals surface area contributed by atoms with Crippen LogP contribution in [-0.4, -0.2) is 24.0 Å². The van der Waals surface area contributed by atoms with Gasteiger partial charge in [0, 0.05) is 12.1 Å². The van der Waals surface area contributed by atoms with Gasteiger partial charge in [0.25, 0.3) is 0 Å². The quantitative estimate of drug-likeness (QED) is 0.880. The van der Waals surface area contributed by atoms with E-state index in [4.69, 9.17) is 5.73 Å². The van der Waals surface area contributed by atoms with E-state index in [1.807, 2.05) is 0 Å². The molecule has 1 aromatic carbocycles. The summed E-state index contributed by atoms with van der Waals surface area (Å²) in [6.45, 7) is 9.42. The molecule has 2 N–H and O–H groups in total. The van der Waals surface area contributed by atoms with E-state index in [0.29, 0.717) is 11.5 Å². The van der Waals surface area contributed by atoms with Crippen LogP contribution < -0.4 is 5.73 Å². The molecule has 0 amide bonds. The third kappa shape index (κ3) is 3.42. The monoisotopic (exact) mass is 274 g/mol. The summed E-state index contributed by atoms with van der Waals surface area (Å²) in [6, 6.07) is 11.2. The van der Waals surface area contributed by atoms with Crippen LogP contribution in [0.25, 0.3) is 0 Å². The summed E-state index contributed by atoms with van der Waals surface area (Å²) in [4.78, 5) is 2.62. The fourth-order valence-corrected chi connectivity index (χ4v) is 3.39. The molecule has 0 aliphatic carbocycles. The van der Waals surface area contributed by atoms with Gasteiger partial charge < -0.3 is 5.73 Å². The molecule has 2 nitrogen and oxygen atoms in total. The molecule has 2 unspecified atom stereocenters. The van der Waals surface area contributed by atoms with Crippen LogP contribution in [0.15, 0.2) is 30.3 Å². The highest BCUT2D eigenvalue weighted by molar-refractivity contribution is 5.20. The van der Waals surface area contributed by atoms with E-state index in [1.165, 1.54) is 37.9 Å². The SMILES string of the molecule is CCC(C(N)c1ccccc1)N1CCC(C)(CC)CC1. The summed E-state index contributed by atoms with van der Waals surface area (Å²) in [5.74, 6) is 0. The van der Waals surface area contributed by atoms with Gasteiger partial charge >= 0.3 is 0 Å². The molecule has 2 heteroatoms. The summed E-state index contributed by atoms with van der Waals surface area (Å²) in [6.07, 6.45) is 5.03. The Morgan fingerprint density at radius 2 is 1.75 bits per heavy atom. The van der Waals surface area contributed by atoms with Crippen LogP contribution >= 0.6 is 0 Å². The van der Waals surface area contributed by atoms with E-state index in [9.17, 15) is 0 Å². The molecule has 1 fully saturated rings. The van der Waals surface area contributed by atoms with Gasteiger partial charge in [-0.25, -0.2) is 0 Å². The van der Waals surface area contributed by atoms with Crippen molar-refractivity contribution >= 4 is 0 Å². The molecule has 1 aliphatic rings. The van der Waals surface area contributed by atoms with Crippen molar-refractivity contribution in [3.05, 3.63) is 35.9 Å². The van der Waals surface area contributed by atoms with E-state index in [2.05, 4.69) is 56.0 Å². The van der Waals surface area contributed by atoms with Gasteiger partial charge in [-0.15, -0.1) is 0 Å². The summed E-state index contributed by atoms with van der Waals surface area (Å²) >= 11 is 0. The number of benzene rings is 1. The van der Waals surface area contributed by atoms with E-state index in [0.717, 1.165) is 6.42 Å². The number of rotatable bonds is 5. The Hall–Kier alpha value is -0.860. The lowest BCUT2D eigenvalue weighted by Crippen LogP contribution is -2.48. The van der Waals surface area contributed by atoms with E-state index in [-0.39, 0.29) is 6.04 Å². The Balaban J connectivity index is 2.03. The Morgan fingerprint density at radius 3 is 2.25 bits per heavy atom. The molecular formula is C18H30N2. The van der Waals surface area contributed by atoms with Gasteiger partial charge in [0.05, 0.1) is 0 Å². The lowest BCUT2D eigenvalue weighted by molar-refractivity contribution is 0.0685. The minimum Gasteiger partial charge on any atom is -0.323 e. The van der Waals surface area contributed by atoms with Crippen molar-refractivity contribution in [1.82, 2.24) is 4.90 Å². The van der Waals surface area contributed by atoms with E-state index < -0.39 is 0 Å². The topological polar surface area (TPSA) is 29.3 Å². The average molecular weight is 274 g/mol. The highest BCUT2D eigenvalue weighted by Crippen LogP contribution is 2.36. The molecule has 112 valence electrons. The maximum atomic E-state index is 6.54. The second-order valence-corrected chi connectivity index (χ2v) is 6.61. The summed E-state index contributed by atoms with van der Waals surface area (Å²) < 4.78 is 0. The van der Waals surface area contributed by atoms with Gasteiger partial charge in [-0.3, -0.25) is 4.90 Å². The summed E-state index contributed by atoms with van der Waals surface area (Å²) in [7, 11) is 0. The van der Waals surface area contributed by atoms with Crippen molar-refractivity contribution in [3.8, 4) is 0 Å². The number of hydrogen-bond acceptors (Lipinski definition) is 2. The standard InChI is InChI=1S/C18H30N2/c1-4-16(17(19)15-9-7-6-8-10-15)20-13-11-18(3,5-2)12-14-20/h6-10,16-17H,4-5,11-14,19H2,1-3H3. The van der Waals surface area contributed by atoms with Crippen molar-refractivity contribution in [3.63, 3.8) is 0 Å². The minimum absolute atomic E-state index is 0.132. The molecule has 0 saturated carbocycles. The van der Waals surface area contributed by atoms with Crippen LogP contribution in [0.2, 0.25) is 0 Å². The first kappa shape index (κ1) is 15.5. The predicted octanol–water partition coefficient (Wildman–Crippen LogP) is 3.98. The van der Waals surface area contributed by atoms with Crippen LogP contribution in [0.5, 0.6) is 0 Å². The fourth-order valence-electron chi connectivity index (χ4n) is 3.39. The smallest absolute Gasteiger partial charge is 0.0453 e. The van der Waals surface area contributed by atoms with Crippen LogP contribution in [0.3, 0.4) is 0 Å². The molecule has 20 heavy (non-hydrogen) atoms. The van der Waals surface area contributed by atoms with Crippen LogP contribution in [0, 0.1) is 5.41 Å². The van der Waals surface area contributed by atoms with Gasteiger partial charge in [-0.2, -0.15) is 0 Å². The zero-order valence-electron chi connectivity index (χ0n) is 13.3. The van der Waals surface area contributed by atoms with Crippen molar-refractivity contribution in [2.45, 2.75) is 58.5 Å². The summed E-state index contributed by atoms with van der Waals surface area (Å²) in [5.41, 5.74) is 8.35. The predicted molar refractivity (Wildman–Crippen MR) is 86.7 cm³/mol. The fraction of sp³-hybridized carbons (Fsp3) is 0.667. The van der Waals surface area contributed by atoms with Crippen LogP contribution in [0.4, 0.5) is 0 Å². The number of hydrogen-bond donors (Lipinski definition) is 1. The Morgan fingerprint density at radius 1 is 1.15 bits per heavy atom. The van der Waals surface area contributed by atoms with Crippen molar-refractivity contribution < 1.29 is 0 Å². The molecular weight excluding hydrogens is 244 g/mol. The summed E-state index contributed by atoms with van der Waals surface area (Å²) in [5, 5.41) is 0. The highest BCUT2D eigenvalue weighted by atomic mass is 15.2. The lowest BCUT2D eigenvalue weighted by Gasteiger charge is -2.44. The first-order valence-corrected chi connectivity index (χ1v) is 8.14. The number of piperidine rings is 1. The Kier molecular flexibility index (Phi) is 5.22. The van der Waals surface area contributed by atoms with E-state index in [1.54, 1.807) is 0 Å². The first-order valence-electron chi connectivity index (χ1n) is 8.14. The zero-order valence-corrected chi connectivity index (χ0v) is 13.3.